The number of ether oxygens (including phenoxy) is 3. The molecule has 1 atom stereocenters. The van der Waals surface area contributed by atoms with Crippen LogP contribution in [0.5, 0.6) is 11.5 Å². The molecule has 2 aromatic heterocycles. The zero-order valence-corrected chi connectivity index (χ0v) is 22.4. The van der Waals surface area contributed by atoms with Crippen molar-refractivity contribution in [3.8, 4) is 11.5 Å². The van der Waals surface area contributed by atoms with Gasteiger partial charge in [0.2, 0.25) is 5.91 Å². The third-order valence-electron chi connectivity index (χ3n) is 6.48. The number of halogens is 1. The molecule has 1 fully saturated rings. The molecule has 1 aliphatic heterocycles. The second-order valence-corrected chi connectivity index (χ2v) is 9.49. The van der Waals surface area contributed by atoms with Gasteiger partial charge in [-0.05, 0) is 62.2 Å². The molecule has 39 heavy (non-hydrogen) atoms. The Morgan fingerprint density at radius 3 is 2.82 bits per heavy atom. The van der Waals surface area contributed by atoms with Crippen molar-refractivity contribution in [1.82, 2.24) is 19.9 Å². The highest BCUT2D eigenvalue weighted by Crippen LogP contribution is 2.34. The second kappa shape index (κ2) is 12.7. The molecule has 0 saturated carbocycles. The van der Waals surface area contributed by atoms with Gasteiger partial charge in [0.25, 0.3) is 0 Å². The summed E-state index contributed by atoms with van der Waals surface area (Å²) in [7, 11) is 0. The minimum absolute atomic E-state index is 0.00380. The first-order valence-corrected chi connectivity index (χ1v) is 13.3. The number of hydrogen-bond acceptors (Lipinski definition) is 8. The first kappa shape index (κ1) is 26.6. The van der Waals surface area contributed by atoms with Crippen LogP contribution in [0.15, 0.2) is 67.1 Å². The molecule has 10 heteroatoms. The Kier molecular flexibility index (Phi) is 8.70. The molecule has 2 aromatic carbocycles. The summed E-state index contributed by atoms with van der Waals surface area (Å²) in [5.74, 6) is 1.78. The van der Waals surface area contributed by atoms with Gasteiger partial charge in [-0.15, -0.1) is 0 Å². The Bertz CT molecular complexity index is 1420. The fraction of sp³-hybridized carbons (Fsp3) is 0.310. The number of fused-ring (bicyclic) bond motifs is 1. The van der Waals surface area contributed by atoms with Crippen LogP contribution in [-0.4, -0.2) is 58.2 Å². The minimum atomic E-state index is -0.00770. The van der Waals surface area contributed by atoms with Crippen LogP contribution in [0.3, 0.4) is 0 Å². The fourth-order valence-electron chi connectivity index (χ4n) is 4.56. The third kappa shape index (κ3) is 6.55. The van der Waals surface area contributed by atoms with E-state index in [0.29, 0.717) is 48.7 Å². The summed E-state index contributed by atoms with van der Waals surface area (Å²) in [5.41, 5.74) is 2.29. The topological polar surface area (TPSA) is 98.7 Å². The maximum absolute atomic E-state index is 12.6. The third-order valence-corrected chi connectivity index (χ3v) is 6.77. The summed E-state index contributed by atoms with van der Waals surface area (Å²) in [6.07, 6.45) is 5.06. The molecule has 202 valence electrons. The van der Waals surface area contributed by atoms with Gasteiger partial charge in [0.05, 0.1) is 27.7 Å². The molecule has 3 heterocycles. The van der Waals surface area contributed by atoms with E-state index in [0.717, 1.165) is 35.1 Å². The molecule has 0 radical (unpaired) electrons. The van der Waals surface area contributed by atoms with Crippen molar-refractivity contribution in [2.75, 3.05) is 31.7 Å². The number of carbonyl (C=O) groups excluding carboxylic acids is 1. The van der Waals surface area contributed by atoms with Crippen molar-refractivity contribution in [3.05, 3.63) is 77.8 Å². The minimum Gasteiger partial charge on any atom is -0.491 e. The van der Waals surface area contributed by atoms with Crippen LogP contribution >= 0.6 is 11.6 Å². The van der Waals surface area contributed by atoms with E-state index < -0.39 is 0 Å². The molecule has 1 aliphatic rings. The van der Waals surface area contributed by atoms with Crippen LogP contribution in [0.25, 0.3) is 10.9 Å². The van der Waals surface area contributed by atoms with E-state index in [2.05, 4.69) is 20.3 Å². The van der Waals surface area contributed by atoms with Crippen LogP contribution in [-0.2, 0) is 16.1 Å². The number of likely N-dealkylation sites (tertiary alicyclic amines) is 1. The second-order valence-electron chi connectivity index (χ2n) is 9.08. The number of pyridine rings is 1. The Morgan fingerprint density at radius 1 is 1.08 bits per heavy atom. The van der Waals surface area contributed by atoms with Crippen molar-refractivity contribution in [2.24, 2.45) is 0 Å². The molecule has 0 bridgehead atoms. The molecule has 0 spiro atoms. The molecule has 1 saturated heterocycles. The van der Waals surface area contributed by atoms with Gasteiger partial charge >= 0.3 is 0 Å². The van der Waals surface area contributed by atoms with Gasteiger partial charge < -0.3 is 24.4 Å². The maximum atomic E-state index is 12.6. The standard InChI is InChI=1S/C29H30ClN5O4/c1-2-37-18-27(36)35-14-6-8-22(35)17-39-26-10-5-9-24-28(26)29(33-19-32-24)34-20-11-12-25(23(30)15-20)38-16-21-7-3-4-13-31-21/h3-5,7,9-13,15,19,22H,2,6,8,14,16-18H2,1H3,(H,32,33,34). The molecule has 4 aromatic rings. The normalized spacial score (nSPS) is 14.9. The van der Waals surface area contributed by atoms with E-state index in [1.807, 2.05) is 60.4 Å². The van der Waals surface area contributed by atoms with Crippen molar-refractivity contribution in [3.63, 3.8) is 0 Å². The molecule has 9 nitrogen and oxygen atoms in total. The number of nitrogens with one attached hydrogen (secondary N) is 1. The van der Waals surface area contributed by atoms with Crippen LogP contribution in [0.2, 0.25) is 5.02 Å². The molecular formula is C29H30ClN5O4. The molecule has 0 aliphatic carbocycles. The van der Waals surface area contributed by atoms with Gasteiger partial charge in [-0.1, -0.05) is 23.7 Å². The summed E-state index contributed by atoms with van der Waals surface area (Å²) >= 11 is 6.52. The average molecular weight is 548 g/mol. The van der Waals surface area contributed by atoms with Gasteiger partial charge in [0.1, 0.15) is 43.5 Å². The van der Waals surface area contributed by atoms with E-state index in [9.17, 15) is 4.79 Å². The number of nitrogens with zero attached hydrogens (tertiary/aromatic N) is 4. The number of rotatable bonds is 11. The first-order chi connectivity index (χ1) is 19.1. The SMILES string of the molecule is CCOCC(=O)N1CCCC1COc1cccc2ncnc(Nc3ccc(OCc4ccccn4)c(Cl)c3)c12. The molecule has 1 amide bonds. The molecular weight excluding hydrogens is 518 g/mol. The zero-order valence-electron chi connectivity index (χ0n) is 21.7. The molecule has 1 unspecified atom stereocenters. The summed E-state index contributed by atoms with van der Waals surface area (Å²) in [4.78, 5) is 27.6. The number of benzene rings is 2. The quantitative estimate of drug-likeness (QED) is 0.266. The highest BCUT2D eigenvalue weighted by Gasteiger charge is 2.29. The summed E-state index contributed by atoms with van der Waals surface area (Å²) in [5, 5.41) is 4.55. The summed E-state index contributed by atoms with van der Waals surface area (Å²) in [6.45, 7) is 3.90. The lowest BCUT2D eigenvalue weighted by molar-refractivity contribution is -0.137. The summed E-state index contributed by atoms with van der Waals surface area (Å²) < 4.78 is 17.4. The lowest BCUT2D eigenvalue weighted by Crippen LogP contribution is -2.41. The van der Waals surface area contributed by atoms with Crippen molar-refractivity contribution in [2.45, 2.75) is 32.4 Å². The summed E-state index contributed by atoms with van der Waals surface area (Å²) in [6, 6.07) is 16.8. The monoisotopic (exact) mass is 547 g/mol. The van der Waals surface area contributed by atoms with Gasteiger partial charge in [-0.2, -0.15) is 0 Å². The van der Waals surface area contributed by atoms with Crippen LogP contribution in [0.4, 0.5) is 11.5 Å². The smallest absolute Gasteiger partial charge is 0.248 e. The van der Waals surface area contributed by atoms with Crippen molar-refractivity contribution in [1.29, 1.82) is 0 Å². The van der Waals surface area contributed by atoms with Crippen LogP contribution < -0.4 is 14.8 Å². The number of aromatic nitrogens is 3. The average Bonchev–Trinajstić information content (AvgIpc) is 3.44. The first-order valence-electron chi connectivity index (χ1n) is 13.0. The largest absolute Gasteiger partial charge is 0.491 e. The van der Waals surface area contributed by atoms with E-state index in [-0.39, 0.29) is 18.6 Å². The van der Waals surface area contributed by atoms with Crippen LogP contribution in [0.1, 0.15) is 25.5 Å². The highest BCUT2D eigenvalue weighted by molar-refractivity contribution is 6.32. The number of amides is 1. The Balaban J connectivity index is 1.30. The predicted molar refractivity (Wildman–Crippen MR) is 150 cm³/mol. The van der Waals surface area contributed by atoms with E-state index in [1.165, 1.54) is 6.33 Å². The van der Waals surface area contributed by atoms with Crippen molar-refractivity contribution >= 4 is 39.9 Å². The van der Waals surface area contributed by atoms with Gasteiger partial charge in [0.15, 0.2) is 0 Å². The zero-order chi connectivity index (χ0) is 27.0. The Labute approximate surface area is 232 Å². The highest BCUT2D eigenvalue weighted by atomic mass is 35.5. The van der Waals surface area contributed by atoms with Gasteiger partial charge in [-0.25, -0.2) is 9.97 Å². The van der Waals surface area contributed by atoms with E-state index in [4.69, 9.17) is 25.8 Å². The molecule has 5 rings (SSSR count). The number of anilines is 2. The van der Waals surface area contributed by atoms with Crippen molar-refractivity contribution < 1.29 is 19.0 Å². The van der Waals surface area contributed by atoms with Gasteiger partial charge in [0, 0.05) is 25.0 Å². The van der Waals surface area contributed by atoms with E-state index in [1.54, 1.807) is 12.3 Å². The predicted octanol–water partition coefficient (Wildman–Crippen LogP) is 5.41. The van der Waals surface area contributed by atoms with E-state index >= 15 is 0 Å². The van der Waals surface area contributed by atoms with Crippen LogP contribution in [0, 0.1) is 0 Å². The number of carbonyl (C=O) groups is 1. The Morgan fingerprint density at radius 2 is 2.00 bits per heavy atom. The molecule has 1 N–H and O–H groups in total. The lowest BCUT2D eigenvalue weighted by Gasteiger charge is -2.25. The fourth-order valence-corrected chi connectivity index (χ4v) is 4.79. The number of hydrogen-bond donors (Lipinski definition) is 1. The maximum Gasteiger partial charge on any atom is 0.248 e. The lowest BCUT2D eigenvalue weighted by atomic mass is 10.2. The van der Waals surface area contributed by atoms with Gasteiger partial charge in [-0.3, -0.25) is 9.78 Å². The Hall–Kier alpha value is -3.95.